The Balaban J connectivity index is 1.48. The molecule has 0 aromatic heterocycles. The van der Waals surface area contributed by atoms with Gasteiger partial charge in [0, 0.05) is 0 Å². The Hall–Kier alpha value is -1.58. The van der Waals surface area contributed by atoms with Crippen LogP contribution in [0.5, 0.6) is 0 Å². The standard InChI is InChI=1S/C27H37BO2/c1-25(2)26(3,4)30-28(29-25)24-17-15-23(16-18-24)27(19-9-6-10-20-27)21-11-14-22-12-7-5-8-13-22/h5,7-8,12-13,15-18H,6,9-11,14,19-21H2,1-4H3. The minimum atomic E-state index is -0.293. The largest absolute Gasteiger partial charge is 0.494 e. The smallest absolute Gasteiger partial charge is 0.399 e. The van der Waals surface area contributed by atoms with Crippen molar-refractivity contribution < 1.29 is 9.31 Å². The van der Waals surface area contributed by atoms with E-state index in [1.54, 1.807) is 0 Å². The molecule has 2 aromatic rings. The van der Waals surface area contributed by atoms with Crippen molar-refractivity contribution >= 4 is 12.6 Å². The SMILES string of the molecule is CC1(C)OB(c2ccc(C3(CCCc4ccccc4)CCCCC3)cc2)OC1(C)C. The van der Waals surface area contributed by atoms with Gasteiger partial charge in [0.2, 0.25) is 0 Å². The maximum Gasteiger partial charge on any atom is 0.494 e. The number of rotatable bonds is 6. The van der Waals surface area contributed by atoms with Gasteiger partial charge in [-0.05, 0) is 81.8 Å². The maximum atomic E-state index is 6.25. The molecule has 2 nitrogen and oxygen atoms in total. The van der Waals surface area contributed by atoms with Crippen molar-refractivity contribution in [2.45, 2.75) is 95.7 Å². The minimum Gasteiger partial charge on any atom is -0.399 e. The molecule has 0 unspecified atom stereocenters. The molecular weight excluding hydrogens is 367 g/mol. The van der Waals surface area contributed by atoms with Gasteiger partial charge in [-0.1, -0.05) is 73.9 Å². The van der Waals surface area contributed by atoms with E-state index >= 15 is 0 Å². The fourth-order valence-corrected chi connectivity index (χ4v) is 5.16. The average Bonchev–Trinajstić information content (AvgIpc) is 2.97. The van der Waals surface area contributed by atoms with Gasteiger partial charge >= 0.3 is 7.12 Å². The van der Waals surface area contributed by atoms with E-state index in [2.05, 4.69) is 82.3 Å². The van der Waals surface area contributed by atoms with Crippen molar-refractivity contribution in [1.82, 2.24) is 0 Å². The van der Waals surface area contributed by atoms with Gasteiger partial charge in [0.25, 0.3) is 0 Å². The average molecular weight is 404 g/mol. The summed E-state index contributed by atoms with van der Waals surface area (Å²) in [7, 11) is -0.274. The van der Waals surface area contributed by atoms with Crippen molar-refractivity contribution in [2.75, 3.05) is 0 Å². The second-order valence-electron chi connectivity index (χ2n) is 10.4. The van der Waals surface area contributed by atoms with Crippen molar-refractivity contribution in [2.24, 2.45) is 0 Å². The molecule has 0 bridgehead atoms. The summed E-state index contributed by atoms with van der Waals surface area (Å²) in [5.41, 5.74) is 3.85. The van der Waals surface area contributed by atoms with Gasteiger partial charge in [-0.2, -0.15) is 0 Å². The quantitative estimate of drug-likeness (QED) is 0.533. The Bertz CT molecular complexity index is 804. The lowest BCUT2D eigenvalue weighted by Gasteiger charge is -2.38. The zero-order chi connectivity index (χ0) is 21.2. The van der Waals surface area contributed by atoms with E-state index in [4.69, 9.17) is 9.31 Å². The van der Waals surface area contributed by atoms with Crippen LogP contribution in [0.15, 0.2) is 54.6 Å². The van der Waals surface area contributed by atoms with Crippen LogP contribution in [0.2, 0.25) is 0 Å². The normalized spacial score (nSPS) is 22.2. The highest BCUT2D eigenvalue weighted by atomic mass is 16.7. The number of benzene rings is 2. The highest BCUT2D eigenvalue weighted by Crippen LogP contribution is 2.43. The van der Waals surface area contributed by atoms with Crippen LogP contribution in [-0.2, 0) is 21.1 Å². The highest BCUT2D eigenvalue weighted by molar-refractivity contribution is 6.62. The summed E-state index contributed by atoms with van der Waals surface area (Å²) >= 11 is 0. The Labute approximate surface area is 183 Å². The van der Waals surface area contributed by atoms with E-state index in [1.807, 2.05) is 0 Å². The van der Waals surface area contributed by atoms with E-state index in [0.29, 0.717) is 5.41 Å². The lowest BCUT2D eigenvalue weighted by Crippen LogP contribution is -2.41. The first-order chi connectivity index (χ1) is 14.3. The van der Waals surface area contributed by atoms with Gasteiger partial charge in [-0.15, -0.1) is 0 Å². The van der Waals surface area contributed by atoms with Crippen LogP contribution in [0.25, 0.3) is 0 Å². The Morgan fingerprint density at radius 3 is 1.97 bits per heavy atom. The summed E-state index contributed by atoms with van der Waals surface area (Å²) in [6, 6.07) is 20.1. The third-order valence-corrected chi connectivity index (χ3v) is 7.82. The molecule has 0 N–H and O–H groups in total. The molecule has 1 saturated heterocycles. The summed E-state index contributed by atoms with van der Waals surface area (Å²) in [6.07, 6.45) is 10.4. The zero-order valence-electron chi connectivity index (χ0n) is 19.2. The number of hydrogen-bond acceptors (Lipinski definition) is 2. The molecule has 0 radical (unpaired) electrons. The van der Waals surface area contributed by atoms with Crippen molar-refractivity contribution in [1.29, 1.82) is 0 Å². The number of aryl methyl sites for hydroxylation is 1. The molecule has 1 heterocycles. The van der Waals surface area contributed by atoms with Crippen LogP contribution in [0, 0.1) is 0 Å². The fourth-order valence-electron chi connectivity index (χ4n) is 5.16. The van der Waals surface area contributed by atoms with Gasteiger partial charge in [-0.25, -0.2) is 0 Å². The van der Waals surface area contributed by atoms with Gasteiger partial charge in [0.15, 0.2) is 0 Å². The summed E-state index contributed by atoms with van der Waals surface area (Å²) in [5.74, 6) is 0. The predicted octanol–water partition coefficient (Wildman–Crippen LogP) is 6.21. The molecule has 4 rings (SSSR count). The molecule has 0 amide bonds. The van der Waals surface area contributed by atoms with E-state index < -0.39 is 0 Å². The molecule has 2 aromatic carbocycles. The van der Waals surface area contributed by atoms with Gasteiger partial charge < -0.3 is 9.31 Å². The topological polar surface area (TPSA) is 18.5 Å². The van der Waals surface area contributed by atoms with E-state index in [1.165, 1.54) is 62.5 Å². The third kappa shape index (κ3) is 4.38. The predicted molar refractivity (Wildman–Crippen MR) is 126 cm³/mol. The molecule has 30 heavy (non-hydrogen) atoms. The Morgan fingerprint density at radius 2 is 1.37 bits per heavy atom. The van der Waals surface area contributed by atoms with Crippen LogP contribution in [0.4, 0.5) is 0 Å². The highest BCUT2D eigenvalue weighted by Gasteiger charge is 2.51. The van der Waals surface area contributed by atoms with E-state index in [9.17, 15) is 0 Å². The van der Waals surface area contributed by atoms with E-state index in [0.717, 1.165) is 5.46 Å². The summed E-state index contributed by atoms with van der Waals surface area (Å²) in [6.45, 7) is 8.46. The molecule has 1 aliphatic carbocycles. The zero-order valence-corrected chi connectivity index (χ0v) is 19.2. The van der Waals surface area contributed by atoms with Gasteiger partial charge in [-0.3, -0.25) is 0 Å². The maximum absolute atomic E-state index is 6.25. The first kappa shape index (κ1) is 21.6. The van der Waals surface area contributed by atoms with Crippen LogP contribution >= 0.6 is 0 Å². The van der Waals surface area contributed by atoms with Gasteiger partial charge in [0.05, 0.1) is 11.2 Å². The first-order valence-electron chi connectivity index (χ1n) is 11.8. The summed E-state index contributed by atoms with van der Waals surface area (Å²) < 4.78 is 12.5. The monoisotopic (exact) mass is 404 g/mol. The molecule has 0 spiro atoms. The minimum absolute atomic E-state index is 0.274. The molecule has 2 aliphatic rings. The fraction of sp³-hybridized carbons (Fsp3) is 0.556. The van der Waals surface area contributed by atoms with Crippen molar-refractivity contribution in [3.8, 4) is 0 Å². The van der Waals surface area contributed by atoms with Crippen LogP contribution < -0.4 is 5.46 Å². The number of hydrogen-bond donors (Lipinski definition) is 0. The van der Waals surface area contributed by atoms with Crippen molar-refractivity contribution in [3.05, 3.63) is 65.7 Å². The van der Waals surface area contributed by atoms with Crippen LogP contribution in [0.1, 0.15) is 83.8 Å². The van der Waals surface area contributed by atoms with Crippen LogP contribution in [-0.4, -0.2) is 18.3 Å². The molecule has 160 valence electrons. The lowest BCUT2D eigenvalue weighted by molar-refractivity contribution is 0.00578. The second kappa shape index (κ2) is 8.51. The summed E-state index contributed by atoms with van der Waals surface area (Å²) in [5, 5.41) is 0. The molecule has 2 fully saturated rings. The van der Waals surface area contributed by atoms with Crippen molar-refractivity contribution in [3.63, 3.8) is 0 Å². The van der Waals surface area contributed by atoms with Gasteiger partial charge in [0.1, 0.15) is 0 Å². The van der Waals surface area contributed by atoms with Crippen LogP contribution in [0.3, 0.4) is 0 Å². The second-order valence-corrected chi connectivity index (χ2v) is 10.4. The van der Waals surface area contributed by atoms with E-state index in [-0.39, 0.29) is 18.3 Å². The summed E-state index contributed by atoms with van der Waals surface area (Å²) in [4.78, 5) is 0. The molecule has 1 saturated carbocycles. The Morgan fingerprint density at radius 1 is 0.767 bits per heavy atom. The first-order valence-corrected chi connectivity index (χ1v) is 11.8. The lowest BCUT2D eigenvalue weighted by atomic mass is 9.66. The molecular formula is C27H37BO2. The molecule has 1 aliphatic heterocycles. The molecule has 3 heteroatoms. The molecule has 0 atom stereocenters. The Kier molecular flexibility index (Phi) is 6.14. The third-order valence-electron chi connectivity index (χ3n) is 7.82.